The first-order valence-corrected chi connectivity index (χ1v) is 7.77. The van der Waals surface area contributed by atoms with E-state index >= 15 is 0 Å². The van der Waals surface area contributed by atoms with Crippen LogP contribution in [0.1, 0.15) is 25.5 Å². The highest BCUT2D eigenvalue weighted by molar-refractivity contribution is 7.98. The third-order valence-electron chi connectivity index (χ3n) is 3.19. The fourth-order valence-electron chi connectivity index (χ4n) is 2.18. The van der Waals surface area contributed by atoms with E-state index in [1.165, 1.54) is 10.5 Å². The Bertz CT molecular complexity index is 479. The maximum atomic E-state index is 4.06. The minimum Gasteiger partial charge on any atom is -0.336 e. The lowest BCUT2D eigenvalue weighted by Crippen LogP contribution is -2.32. The largest absolute Gasteiger partial charge is 0.336 e. The smallest absolute Gasteiger partial charge is 0.0946 e. The van der Waals surface area contributed by atoms with Crippen LogP contribution in [0.3, 0.4) is 0 Å². The quantitative estimate of drug-likeness (QED) is 0.820. The summed E-state index contributed by atoms with van der Waals surface area (Å²) in [5.41, 5.74) is 1.33. The van der Waals surface area contributed by atoms with Crippen LogP contribution in [0.5, 0.6) is 0 Å². The fraction of sp³-hybridized carbons (Fsp3) is 0.400. The molecule has 2 unspecified atom stereocenters. The molecule has 1 aromatic heterocycles. The number of hydrogen-bond acceptors (Lipinski definition) is 3. The maximum Gasteiger partial charge on any atom is 0.0946 e. The summed E-state index contributed by atoms with van der Waals surface area (Å²) in [5.74, 6) is 0. The van der Waals surface area contributed by atoms with Crippen LogP contribution in [0.25, 0.3) is 0 Å². The van der Waals surface area contributed by atoms with Crippen molar-refractivity contribution in [3.8, 4) is 0 Å². The predicted molar refractivity (Wildman–Crippen MR) is 81.5 cm³/mol. The normalized spacial score (nSPS) is 14.3. The van der Waals surface area contributed by atoms with E-state index < -0.39 is 0 Å². The van der Waals surface area contributed by atoms with E-state index in [0.717, 1.165) is 6.54 Å². The molecule has 0 aliphatic rings. The zero-order chi connectivity index (χ0) is 13.7. The number of thioether (sulfide) groups is 1. The number of hydrogen-bond donors (Lipinski definition) is 1. The fourth-order valence-corrected chi connectivity index (χ4v) is 2.59. The molecule has 0 aliphatic carbocycles. The van der Waals surface area contributed by atoms with Crippen LogP contribution < -0.4 is 5.32 Å². The van der Waals surface area contributed by atoms with Gasteiger partial charge in [-0.1, -0.05) is 12.1 Å². The number of nitrogens with one attached hydrogen (secondary N) is 1. The highest BCUT2D eigenvalue weighted by atomic mass is 32.2. The molecule has 3 nitrogen and oxygen atoms in total. The van der Waals surface area contributed by atoms with Crippen molar-refractivity contribution in [3.05, 3.63) is 48.5 Å². The van der Waals surface area contributed by atoms with Crippen molar-refractivity contribution in [1.29, 1.82) is 0 Å². The third kappa shape index (κ3) is 4.11. The summed E-state index contributed by atoms with van der Waals surface area (Å²) in [6, 6.07) is 9.53. The SMILES string of the molecule is CSc1ccc(C(C)NC(C)Cn2ccnc2)cc1. The van der Waals surface area contributed by atoms with Gasteiger partial charge in [-0.15, -0.1) is 11.8 Å². The van der Waals surface area contributed by atoms with Crippen LogP contribution in [0.15, 0.2) is 47.9 Å². The van der Waals surface area contributed by atoms with Gasteiger partial charge < -0.3 is 9.88 Å². The third-order valence-corrected chi connectivity index (χ3v) is 3.94. The van der Waals surface area contributed by atoms with Gasteiger partial charge in [-0.2, -0.15) is 0 Å². The number of imidazole rings is 1. The van der Waals surface area contributed by atoms with Crippen LogP contribution in [0, 0.1) is 0 Å². The maximum absolute atomic E-state index is 4.06. The van der Waals surface area contributed by atoms with E-state index in [2.05, 4.69) is 59.2 Å². The van der Waals surface area contributed by atoms with Gasteiger partial charge in [-0.3, -0.25) is 0 Å². The molecule has 2 rings (SSSR count). The highest BCUT2D eigenvalue weighted by Gasteiger charge is 2.09. The summed E-state index contributed by atoms with van der Waals surface area (Å²) in [4.78, 5) is 5.37. The molecule has 0 saturated carbocycles. The van der Waals surface area contributed by atoms with Gasteiger partial charge >= 0.3 is 0 Å². The molecule has 2 atom stereocenters. The van der Waals surface area contributed by atoms with E-state index in [-0.39, 0.29) is 0 Å². The molecule has 0 bridgehead atoms. The van der Waals surface area contributed by atoms with Crippen molar-refractivity contribution in [1.82, 2.24) is 14.9 Å². The Morgan fingerprint density at radius 1 is 1.26 bits per heavy atom. The number of aromatic nitrogens is 2. The molecule has 1 N–H and O–H groups in total. The minimum absolute atomic E-state index is 0.356. The van der Waals surface area contributed by atoms with E-state index in [9.17, 15) is 0 Å². The van der Waals surface area contributed by atoms with Gasteiger partial charge in [0, 0.05) is 35.9 Å². The molecule has 19 heavy (non-hydrogen) atoms. The van der Waals surface area contributed by atoms with E-state index in [0.29, 0.717) is 12.1 Å². The number of benzene rings is 1. The van der Waals surface area contributed by atoms with Crippen molar-refractivity contribution in [3.63, 3.8) is 0 Å². The number of rotatable bonds is 6. The number of nitrogens with zero attached hydrogens (tertiary/aromatic N) is 2. The van der Waals surface area contributed by atoms with Crippen LogP contribution in [0.2, 0.25) is 0 Å². The van der Waals surface area contributed by atoms with Crippen LogP contribution in [0.4, 0.5) is 0 Å². The first-order valence-electron chi connectivity index (χ1n) is 6.55. The predicted octanol–water partition coefficient (Wildman–Crippen LogP) is 3.34. The highest BCUT2D eigenvalue weighted by Crippen LogP contribution is 2.19. The van der Waals surface area contributed by atoms with Crippen molar-refractivity contribution in [2.45, 2.75) is 37.4 Å². The zero-order valence-corrected chi connectivity index (χ0v) is 12.5. The van der Waals surface area contributed by atoms with Gasteiger partial charge in [0.05, 0.1) is 6.33 Å². The Balaban J connectivity index is 1.90. The van der Waals surface area contributed by atoms with E-state index in [1.807, 2.05) is 18.7 Å². The molecule has 0 saturated heterocycles. The summed E-state index contributed by atoms with van der Waals surface area (Å²) < 4.78 is 2.10. The average Bonchev–Trinajstić information content (AvgIpc) is 2.91. The average molecular weight is 275 g/mol. The topological polar surface area (TPSA) is 29.9 Å². The summed E-state index contributed by atoms with van der Waals surface area (Å²) in [6.07, 6.45) is 7.77. The Morgan fingerprint density at radius 3 is 2.58 bits per heavy atom. The first-order chi connectivity index (χ1) is 9.19. The summed E-state index contributed by atoms with van der Waals surface area (Å²) in [7, 11) is 0. The molecule has 4 heteroatoms. The van der Waals surface area contributed by atoms with Gasteiger partial charge in [0.15, 0.2) is 0 Å². The van der Waals surface area contributed by atoms with Crippen molar-refractivity contribution >= 4 is 11.8 Å². The Hall–Kier alpha value is -1.26. The van der Waals surface area contributed by atoms with E-state index in [1.54, 1.807) is 11.8 Å². The van der Waals surface area contributed by atoms with Crippen molar-refractivity contribution < 1.29 is 0 Å². The van der Waals surface area contributed by atoms with E-state index in [4.69, 9.17) is 0 Å². The van der Waals surface area contributed by atoms with Gasteiger partial charge in [0.1, 0.15) is 0 Å². The van der Waals surface area contributed by atoms with Gasteiger partial charge in [-0.25, -0.2) is 4.98 Å². The monoisotopic (exact) mass is 275 g/mol. The summed E-state index contributed by atoms with van der Waals surface area (Å²) >= 11 is 1.78. The van der Waals surface area contributed by atoms with Gasteiger partial charge in [-0.05, 0) is 37.8 Å². The first kappa shape index (κ1) is 14.2. The lowest BCUT2D eigenvalue weighted by Gasteiger charge is -2.21. The summed E-state index contributed by atoms with van der Waals surface area (Å²) in [6.45, 7) is 5.35. The van der Waals surface area contributed by atoms with Gasteiger partial charge in [0.2, 0.25) is 0 Å². The van der Waals surface area contributed by atoms with Crippen molar-refractivity contribution in [2.75, 3.05) is 6.26 Å². The Morgan fingerprint density at radius 2 is 2.00 bits per heavy atom. The van der Waals surface area contributed by atoms with Crippen LogP contribution >= 0.6 is 11.8 Å². The second-order valence-corrected chi connectivity index (χ2v) is 5.70. The second kappa shape index (κ2) is 6.78. The van der Waals surface area contributed by atoms with Gasteiger partial charge in [0.25, 0.3) is 0 Å². The zero-order valence-electron chi connectivity index (χ0n) is 11.7. The molecular formula is C15H21N3S. The molecule has 1 heterocycles. The standard InChI is InChI=1S/C15H21N3S/c1-12(10-18-9-8-16-11-18)17-13(2)14-4-6-15(19-3)7-5-14/h4-9,11-13,17H,10H2,1-3H3. The molecule has 102 valence electrons. The molecule has 1 aromatic carbocycles. The molecule has 0 fully saturated rings. The molecule has 0 amide bonds. The lowest BCUT2D eigenvalue weighted by molar-refractivity contribution is 0.430. The molecule has 2 aromatic rings. The minimum atomic E-state index is 0.356. The molecule has 0 aliphatic heterocycles. The molecule has 0 spiro atoms. The van der Waals surface area contributed by atoms with Crippen LogP contribution in [-0.4, -0.2) is 21.8 Å². The second-order valence-electron chi connectivity index (χ2n) is 4.82. The lowest BCUT2D eigenvalue weighted by atomic mass is 10.1. The summed E-state index contributed by atoms with van der Waals surface area (Å²) in [5, 5.41) is 3.62. The molecule has 0 radical (unpaired) electrons. The van der Waals surface area contributed by atoms with Crippen LogP contribution in [-0.2, 0) is 6.54 Å². The Labute approximate surface area is 119 Å². The molecular weight excluding hydrogens is 254 g/mol. The van der Waals surface area contributed by atoms with Crippen molar-refractivity contribution in [2.24, 2.45) is 0 Å². The Kier molecular flexibility index (Phi) is 5.05.